The maximum absolute atomic E-state index is 12.1. The molecule has 20 heavy (non-hydrogen) atoms. The molecule has 1 aromatic carbocycles. The first kappa shape index (κ1) is 14.4. The standard InChI is InChI=1S/C15H20N2O3/c1-9(2)13(18)16-10-5-6-12-11(7-10)17-14(19)15(3,4)8-20-12/h5-7,9H,8H2,1-4H3,(H,16,18)(H,17,19). The van der Waals surface area contributed by atoms with Crippen LogP contribution in [-0.2, 0) is 9.59 Å². The summed E-state index contributed by atoms with van der Waals surface area (Å²) < 4.78 is 5.65. The van der Waals surface area contributed by atoms with Gasteiger partial charge in [-0.25, -0.2) is 0 Å². The lowest BCUT2D eigenvalue weighted by atomic mass is 9.94. The van der Waals surface area contributed by atoms with E-state index in [4.69, 9.17) is 4.74 Å². The first-order valence-electron chi connectivity index (χ1n) is 6.69. The van der Waals surface area contributed by atoms with Crippen LogP contribution in [0, 0.1) is 11.3 Å². The van der Waals surface area contributed by atoms with Gasteiger partial charge in [0.15, 0.2) is 0 Å². The molecule has 0 fully saturated rings. The molecular weight excluding hydrogens is 256 g/mol. The quantitative estimate of drug-likeness (QED) is 0.872. The third-order valence-electron chi connectivity index (χ3n) is 3.22. The molecule has 0 saturated carbocycles. The smallest absolute Gasteiger partial charge is 0.233 e. The molecule has 1 aliphatic rings. The summed E-state index contributed by atoms with van der Waals surface area (Å²) in [6.45, 7) is 7.63. The summed E-state index contributed by atoms with van der Waals surface area (Å²) in [4.78, 5) is 23.7. The van der Waals surface area contributed by atoms with Gasteiger partial charge in [0.25, 0.3) is 0 Å². The Bertz CT molecular complexity index is 550. The number of benzene rings is 1. The molecule has 2 amide bonds. The molecule has 0 bridgehead atoms. The van der Waals surface area contributed by atoms with Crippen molar-refractivity contribution in [3.05, 3.63) is 18.2 Å². The van der Waals surface area contributed by atoms with E-state index in [1.165, 1.54) is 0 Å². The summed E-state index contributed by atoms with van der Waals surface area (Å²) in [5.74, 6) is 0.361. The van der Waals surface area contributed by atoms with Crippen molar-refractivity contribution in [2.45, 2.75) is 27.7 Å². The second kappa shape index (κ2) is 5.15. The Balaban J connectivity index is 2.24. The molecular formula is C15H20N2O3. The molecule has 1 aromatic rings. The molecule has 2 N–H and O–H groups in total. The number of rotatable bonds is 2. The lowest BCUT2D eigenvalue weighted by Gasteiger charge is -2.18. The van der Waals surface area contributed by atoms with E-state index in [0.717, 1.165) is 0 Å². The van der Waals surface area contributed by atoms with Crippen molar-refractivity contribution in [1.82, 2.24) is 0 Å². The Kier molecular flexibility index (Phi) is 3.70. The van der Waals surface area contributed by atoms with Gasteiger partial charge >= 0.3 is 0 Å². The molecule has 0 aliphatic carbocycles. The highest BCUT2D eigenvalue weighted by Crippen LogP contribution is 2.34. The maximum atomic E-state index is 12.1. The van der Waals surface area contributed by atoms with E-state index in [0.29, 0.717) is 23.7 Å². The zero-order valence-corrected chi connectivity index (χ0v) is 12.2. The van der Waals surface area contributed by atoms with Crippen LogP contribution in [0.25, 0.3) is 0 Å². The summed E-state index contributed by atoms with van der Waals surface area (Å²) >= 11 is 0. The minimum Gasteiger partial charge on any atom is -0.490 e. The van der Waals surface area contributed by atoms with Gasteiger partial charge in [-0.05, 0) is 32.0 Å². The summed E-state index contributed by atoms with van der Waals surface area (Å²) in [6.07, 6.45) is 0. The molecule has 0 atom stereocenters. The average Bonchev–Trinajstić information content (AvgIpc) is 2.47. The third kappa shape index (κ3) is 2.92. The van der Waals surface area contributed by atoms with Crippen LogP contribution in [0.5, 0.6) is 5.75 Å². The Labute approximate surface area is 118 Å². The predicted molar refractivity (Wildman–Crippen MR) is 77.8 cm³/mol. The topological polar surface area (TPSA) is 67.4 Å². The van der Waals surface area contributed by atoms with Crippen molar-refractivity contribution in [2.75, 3.05) is 17.2 Å². The van der Waals surface area contributed by atoms with Gasteiger partial charge < -0.3 is 15.4 Å². The predicted octanol–water partition coefficient (Wildman–Crippen LogP) is 2.64. The zero-order valence-electron chi connectivity index (χ0n) is 12.2. The van der Waals surface area contributed by atoms with Gasteiger partial charge in [-0.15, -0.1) is 0 Å². The van der Waals surface area contributed by atoms with Crippen LogP contribution in [-0.4, -0.2) is 18.4 Å². The molecule has 5 heteroatoms. The number of amides is 2. The number of hydrogen-bond donors (Lipinski definition) is 2. The second-order valence-corrected chi connectivity index (χ2v) is 5.98. The second-order valence-electron chi connectivity index (χ2n) is 5.98. The molecule has 5 nitrogen and oxygen atoms in total. The molecule has 1 heterocycles. The van der Waals surface area contributed by atoms with Crippen LogP contribution < -0.4 is 15.4 Å². The first-order valence-corrected chi connectivity index (χ1v) is 6.69. The maximum Gasteiger partial charge on any atom is 0.233 e. The van der Waals surface area contributed by atoms with Crippen molar-refractivity contribution in [1.29, 1.82) is 0 Å². The van der Waals surface area contributed by atoms with Gasteiger partial charge in [-0.2, -0.15) is 0 Å². The summed E-state index contributed by atoms with van der Waals surface area (Å²) in [5, 5.41) is 5.64. The van der Waals surface area contributed by atoms with Crippen LogP contribution >= 0.6 is 0 Å². The van der Waals surface area contributed by atoms with E-state index in [1.807, 2.05) is 27.7 Å². The van der Waals surface area contributed by atoms with Crippen LogP contribution in [0.1, 0.15) is 27.7 Å². The average molecular weight is 276 g/mol. The van der Waals surface area contributed by atoms with E-state index < -0.39 is 5.41 Å². The Morgan fingerprint density at radius 1 is 1.40 bits per heavy atom. The van der Waals surface area contributed by atoms with E-state index in [2.05, 4.69) is 10.6 Å². The normalized spacial score (nSPS) is 16.8. The molecule has 0 aromatic heterocycles. The summed E-state index contributed by atoms with van der Waals surface area (Å²) in [6, 6.07) is 5.24. The minimum absolute atomic E-state index is 0.0638. The van der Waals surface area contributed by atoms with Crippen LogP contribution in [0.15, 0.2) is 18.2 Å². The van der Waals surface area contributed by atoms with Gasteiger partial charge in [0.2, 0.25) is 11.8 Å². The van der Waals surface area contributed by atoms with Gasteiger partial charge in [0.05, 0.1) is 11.1 Å². The number of carbonyl (C=O) groups is 2. The van der Waals surface area contributed by atoms with Crippen LogP contribution in [0.3, 0.4) is 0 Å². The number of ether oxygens (including phenoxy) is 1. The number of fused-ring (bicyclic) bond motifs is 1. The van der Waals surface area contributed by atoms with Crippen molar-refractivity contribution < 1.29 is 14.3 Å². The third-order valence-corrected chi connectivity index (χ3v) is 3.22. The fraction of sp³-hybridized carbons (Fsp3) is 0.467. The monoisotopic (exact) mass is 276 g/mol. The molecule has 0 radical (unpaired) electrons. The summed E-state index contributed by atoms with van der Waals surface area (Å²) in [7, 11) is 0. The molecule has 0 spiro atoms. The molecule has 108 valence electrons. The highest BCUT2D eigenvalue weighted by molar-refractivity contribution is 5.98. The molecule has 1 aliphatic heterocycles. The largest absolute Gasteiger partial charge is 0.490 e. The lowest BCUT2D eigenvalue weighted by Crippen LogP contribution is -2.33. The van der Waals surface area contributed by atoms with Crippen LogP contribution in [0.4, 0.5) is 11.4 Å². The fourth-order valence-electron chi connectivity index (χ4n) is 1.73. The first-order chi connectivity index (χ1) is 9.29. The van der Waals surface area contributed by atoms with Gasteiger partial charge in [0, 0.05) is 11.6 Å². The van der Waals surface area contributed by atoms with E-state index in [9.17, 15) is 9.59 Å². The summed E-state index contributed by atoms with van der Waals surface area (Å²) in [5.41, 5.74) is 0.647. The van der Waals surface area contributed by atoms with Gasteiger partial charge in [-0.3, -0.25) is 9.59 Å². The van der Waals surface area contributed by atoms with Crippen molar-refractivity contribution in [3.63, 3.8) is 0 Å². The number of anilines is 2. The number of carbonyl (C=O) groups excluding carboxylic acids is 2. The highest BCUT2D eigenvalue weighted by Gasteiger charge is 2.32. The van der Waals surface area contributed by atoms with E-state index >= 15 is 0 Å². The fourth-order valence-corrected chi connectivity index (χ4v) is 1.73. The van der Waals surface area contributed by atoms with Gasteiger partial charge in [-0.1, -0.05) is 13.8 Å². The highest BCUT2D eigenvalue weighted by atomic mass is 16.5. The number of nitrogens with one attached hydrogen (secondary N) is 2. The molecule has 0 saturated heterocycles. The van der Waals surface area contributed by atoms with Crippen LogP contribution in [0.2, 0.25) is 0 Å². The van der Waals surface area contributed by atoms with E-state index in [1.54, 1.807) is 18.2 Å². The minimum atomic E-state index is -0.583. The van der Waals surface area contributed by atoms with E-state index in [-0.39, 0.29) is 17.7 Å². The van der Waals surface area contributed by atoms with Crippen molar-refractivity contribution >= 4 is 23.2 Å². The Hall–Kier alpha value is -2.04. The Morgan fingerprint density at radius 3 is 2.75 bits per heavy atom. The van der Waals surface area contributed by atoms with Crippen molar-refractivity contribution in [2.24, 2.45) is 11.3 Å². The SMILES string of the molecule is CC(C)C(=O)Nc1ccc2c(c1)NC(=O)C(C)(C)CO2. The molecule has 0 unspecified atom stereocenters. The number of hydrogen-bond acceptors (Lipinski definition) is 3. The van der Waals surface area contributed by atoms with Crippen molar-refractivity contribution in [3.8, 4) is 5.75 Å². The Morgan fingerprint density at radius 2 is 2.10 bits per heavy atom. The van der Waals surface area contributed by atoms with Gasteiger partial charge in [0.1, 0.15) is 12.4 Å². The lowest BCUT2D eigenvalue weighted by molar-refractivity contribution is -0.125. The zero-order chi connectivity index (χ0) is 14.9. The molecule has 2 rings (SSSR count).